The van der Waals surface area contributed by atoms with Gasteiger partial charge in [0.15, 0.2) is 0 Å². The number of hydrogen-bond acceptors (Lipinski definition) is 3. The highest BCUT2D eigenvalue weighted by Gasteiger charge is 2.34. The van der Waals surface area contributed by atoms with E-state index < -0.39 is 0 Å². The summed E-state index contributed by atoms with van der Waals surface area (Å²) in [6, 6.07) is 0.0850. The summed E-state index contributed by atoms with van der Waals surface area (Å²) in [5.41, 5.74) is 0.259. The predicted molar refractivity (Wildman–Crippen MR) is 66.8 cm³/mol. The zero-order valence-corrected chi connectivity index (χ0v) is 11.0. The van der Waals surface area contributed by atoms with E-state index in [1.807, 2.05) is 4.90 Å². The van der Waals surface area contributed by atoms with E-state index in [0.717, 1.165) is 51.9 Å². The fraction of sp³-hybridized carbons (Fsp3) is 0.923. The van der Waals surface area contributed by atoms with E-state index in [1.54, 1.807) is 7.11 Å². The first kappa shape index (κ1) is 12.8. The van der Waals surface area contributed by atoms with Crippen molar-refractivity contribution >= 4 is 5.91 Å². The van der Waals surface area contributed by atoms with Crippen molar-refractivity contribution in [2.45, 2.75) is 38.6 Å². The Morgan fingerprint density at radius 2 is 2.18 bits per heavy atom. The van der Waals surface area contributed by atoms with E-state index in [0.29, 0.717) is 5.91 Å². The van der Waals surface area contributed by atoms with E-state index in [4.69, 9.17) is 4.74 Å². The van der Waals surface area contributed by atoms with Crippen LogP contribution in [0.15, 0.2) is 0 Å². The summed E-state index contributed by atoms with van der Waals surface area (Å²) < 4.78 is 5.26. The van der Waals surface area contributed by atoms with Gasteiger partial charge in [-0.15, -0.1) is 0 Å². The molecule has 0 saturated carbocycles. The Balaban J connectivity index is 1.83. The molecule has 2 saturated heterocycles. The lowest BCUT2D eigenvalue weighted by Crippen LogP contribution is -2.49. The largest absolute Gasteiger partial charge is 0.384 e. The van der Waals surface area contributed by atoms with Gasteiger partial charge in [0.05, 0.1) is 12.6 Å². The van der Waals surface area contributed by atoms with Gasteiger partial charge in [-0.1, -0.05) is 6.92 Å². The highest BCUT2D eigenvalue weighted by molar-refractivity contribution is 5.82. The van der Waals surface area contributed by atoms with Crippen LogP contribution in [0.4, 0.5) is 0 Å². The maximum Gasteiger partial charge on any atom is 0.239 e. The topological polar surface area (TPSA) is 41.6 Å². The number of carbonyl (C=O) groups is 1. The number of piperidine rings is 1. The number of ether oxygens (including phenoxy) is 1. The molecule has 2 aliphatic rings. The molecule has 0 aromatic heterocycles. The van der Waals surface area contributed by atoms with Crippen LogP contribution in [0.2, 0.25) is 0 Å². The van der Waals surface area contributed by atoms with Gasteiger partial charge in [0.25, 0.3) is 0 Å². The molecule has 2 aliphatic heterocycles. The first-order valence-electron chi connectivity index (χ1n) is 6.66. The minimum atomic E-state index is 0.0850. The molecule has 1 amide bonds. The Hall–Kier alpha value is -0.610. The van der Waals surface area contributed by atoms with Crippen molar-refractivity contribution in [3.05, 3.63) is 0 Å². The zero-order valence-electron chi connectivity index (χ0n) is 11.0. The third-order valence-corrected chi connectivity index (χ3v) is 4.13. The molecule has 0 aromatic carbocycles. The van der Waals surface area contributed by atoms with Gasteiger partial charge < -0.3 is 15.0 Å². The molecule has 0 radical (unpaired) electrons. The Morgan fingerprint density at radius 3 is 2.71 bits per heavy atom. The lowest BCUT2D eigenvalue weighted by Gasteiger charge is -2.39. The molecule has 4 heteroatoms. The van der Waals surface area contributed by atoms with Crippen molar-refractivity contribution in [2.75, 3.05) is 33.4 Å². The number of amides is 1. The molecular weight excluding hydrogens is 216 g/mol. The highest BCUT2D eigenvalue weighted by atomic mass is 16.5. The molecule has 1 N–H and O–H groups in total. The normalized spacial score (nSPS) is 28.4. The summed E-state index contributed by atoms with van der Waals surface area (Å²) >= 11 is 0. The third kappa shape index (κ3) is 2.99. The van der Waals surface area contributed by atoms with Crippen LogP contribution in [0.5, 0.6) is 0 Å². The lowest BCUT2D eigenvalue weighted by atomic mass is 9.81. The summed E-state index contributed by atoms with van der Waals surface area (Å²) in [5, 5.41) is 3.28. The second kappa shape index (κ2) is 5.36. The third-order valence-electron chi connectivity index (χ3n) is 4.13. The molecule has 0 aromatic rings. The van der Waals surface area contributed by atoms with Crippen molar-refractivity contribution in [1.29, 1.82) is 0 Å². The van der Waals surface area contributed by atoms with Gasteiger partial charge in [0, 0.05) is 20.2 Å². The molecule has 2 heterocycles. The number of carbonyl (C=O) groups excluding carboxylic acids is 1. The van der Waals surface area contributed by atoms with Crippen molar-refractivity contribution in [2.24, 2.45) is 5.41 Å². The molecule has 17 heavy (non-hydrogen) atoms. The molecule has 2 fully saturated rings. The molecule has 0 unspecified atom stereocenters. The second-order valence-corrected chi connectivity index (χ2v) is 5.72. The van der Waals surface area contributed by atoms with Crippen molar-refractivity contribution < 1.29 is 9.53 Å². The maximum atomic E-state index is 12.2. The van der Waals surface area contributed by atoms with Gasteiger partial charge in [-0.05, 0) is 37.6 Å². The summed E-state index contributed by atoms with van der Waals surface area (Å²) in [6.45, 7) is 5.82. The molecule has 98 valence electrons. The minimum Gasteiger partial charge on any atom is -0.384 e. The summed E-state index contributed by atoms with van der Waals surface area (Å²) in [5.74, 6) is 0.307. The zero-order chi connectivity index (χ0) is 12.3. The fourth-order valence-electron chi connectivity index (χ4n) is 2.88. The van der Waals surface area contributed by atoms with E-state index in [2.05, 4.69) is 12.2 Å². The van der Waals surface area contributed by atoms with Gasteiger partial charge in [0.2, 0.25) is 5.91 Å². The Labute approximate surface area is 104 Å². The van der Waals surface area contributed by atoms with Crippen LogP contribution in [-0.4, -0.2) is 50.2 Å². The average Bonchev–Trinajstić information content (AvgIpc) is 2.82. The fourth-order valence-corrected chi connectivity index (χ4v) is 2.88. The van der Waals surface area contributed by atoms with E-state index in [-0.39, 0.29) is 11.5 Å². The van der Waals surface area contributed by atoms with Crippen LogP contribution in [0, 0.1) is 5.41 Å². The quantitative estimate of drug-likeness (QED) is 0.800. The standard InChI is InChI=1S/C13H24N2O2/c1-13(10-17-2)5-8-15(9-6-13)12(16)11-4-3-7-14-11/h11,14H,3-10H2,1-2H3/t11-/m0/s1. The molecule has 1 atom stereocenters. The molecule has 2 rings (SSSR count). The monoisotopic (exact) mass is 240 g/mol. The molecule has 4 nitrogen and oxygen atoms in total. The SMILES string of the molecule is COCC1(C)CCN(C(=O)[C@@H]2CCCN2)CC1. The Bertz CT molecular complexity index is 267. The smallest absolute Gasteiger partial charge is 0.239 e. The summed E-state index contributed by atoms with van der Waals surface area (Å²) in [4.78, 5) is 14.2. The molecular formula is C13H24N2O2. The van der Waals surface area contributed by atoms with E-state index in [9.17, 15) is 4.79 Å². The summed E-state index contributed by atoms with van der Waals surface area (Å²) in [7, 11) is 1.76. The maximum absolute atomic E-state index is 12.2. The van der Waals surface area contributed by atoms with Crippen molar-refractivity contribution in [3.8, 4) is 0 Å². The van der Waals surface area contributed by atoms with Crippen LogP contribution in [0.3, 0.4) is 0 Å². The van der Waals surface area contributed by atoms with Gasteiger partial charge in [-0.25, -0.2) is 0 Å². The second-order valence-electron chi connectivity index (χ2n) is 5.72. The van der Waals surface area contributed by atoms with Crippen molar-refractivity contribution in [1.82, 2.24) is 10.2 Å². The van der Waals surface area contributed by atoms with Gasteiger partial charge in [0.1, 0.15) is 0 Å². The van der Waals surface area contributed by atoms with Gasteiger partial charge in [-0.2, -0.15) is 0 Å². The number of nitrogens with zero attached hydrogens (tertiary/aromatic N) is 1. The highest BCUT2D eigenvalue weighted by Crippen LogP contribution is 2.31. The van der Waals surface area contributed by atoms with Crippen LogP contribution >= 0.6 is 0 Å². The van der Waals surface area contributed by atoms with Gasteiger partial charge >= 0.3 is 0 Å². The van der Waals surface area contributed by atoms with Crippen LogP contribution < -0.4 is 5.32 Å². The molecule has 0 aliphatic carbocycles. The van der Waals surface area contributed by atoms with E-state index >= 15 is 0 Å². The van der Waals surface area contributed by atoms with Crippen LogP contribution in [0.1, 0.15) is 32.6 Å². The first-order chi connectivity index (χ1) is 8.14. The molecule has 0 spiro atoms. The number of nitrogens with one attached hydrogen (secondary N) is 1. The number of hydrogen-bond donors (Lipinski definition) is 1. The predicted octanol–water partition coefficient (Wildman–Crippen LogP) is 1.01. The lowest BCUT2D eigenvalue weighted by molar-refractivity contribution is -0.135. The summed E-state index contributed by atoms with van der Waals surface area (Å²) in [6.07, 6.45) is 4.24. The Morgan fingerprint density at radius 1 is 1.47 bits per heavy atom. The number of rotatable bonds is 3. The van der Waals surface area contributed by atoms with Crippen LogP contribution in [0.25, 0.3) is 0 Å². The van der Waals surface area contributed by atoms with Gasteiger partial charge in [-0.3, -0.25) is 4.79 Å². The average molecular weight is 240 g/mol. The van der Waals surface area contributed by atoms with Crippen LogP contribution in [-0.2, 0) is 9.53 Å². The Kier molecular flexibility index (Phi) is 4.05. The molecule has 0 bridgehead atoms. The minimum absolute atomic E-state index is 0.0850. The van der Waals surface area contributed by atoms with E-state index in [1.165, 1.54) is 0 Å². The van der Waals surface area contributed by atoms with Crippen molar-refractivity contribution in [3.63, 3.8) is 0 Å². The number of likely N-dealkylation sites (tertiary alicyclic amines) is 1. The first-order valence-corrected chi connectivity index (χ1v) is 6.66. The number of methoxy groups -OCH3 is 1.